The fourth-order valence-electron chi connectivity index (χ4n) is 1.51. The van der Waals surface area contributed by atoms with Gasteiger partial charge in [-0.1, -0.05) is 6.92 Å². The summed E-state index contributed by atoms with van der Waals surface area (Å²) in [7, 11) is 0. The number of anilines is 1. The van der Waals surface area contributed by atoms with E-state index < -0.39 is 11.9 Å². The lowest BCUT2D eigenvalue weighted by atomic mass is 10.3. The summed E-state index contributed by atoms with van der Waals surface area (Å²) in [4.78, 5) is 5.10. The number of halogens is 4. The number of hydrogen-bond donors (Lipinski definition) is 1. The molecule has 0 fully saturated rings. The van der Waals surface area contributed by atoms with Gasteiger partial charge in [0.25, 0.3) is 0 Å². The molecule has 5 nitrogen and oxygen atoms in total. The molecule has 2 aromatic rings. The van der Waals surface area contributed by atoms with Gasteiger partial charge in [0.2, 0.25) is 0 Å². The van der Waals surface area contributed by atoms with E-state index in [1.807, 2.05) is 19.1 Å². The van der Waals surface area contributed by atoms with Crippen LogP contribution in [0, 0.1) is 3.57 Å². The molecule has 0 saturated heterocycles. The van der Waals surface area contributed by atoms with Gasteiger partial charge in [0.1, 0.15) is 5.69 Å². The second-order valence-electron chi connectivity index (χ2n) is 4.11. The quantitative estimate of drug-likeness (QED) is 0.321. The molecule has 0 radical (unpaired) electrons. The highest BCUT2D eigenvalue weighted by atomic mass is 127. The Hall–Kier alpha value is -1.43. The Balaban J connectivity index is 2.12. The van der Waals surface area contributed by atoms with Gasteiger partial charge in [0.15, 0.2) is 11.5 Å². The molecule has 0 amide bonds. The Labute approximate surface area is 148 Å². The summed E-state index contributed by atoms with van der Waals surface area (Å²) in [5, 5.41) is 10.7. The molecule has 2 aromatic heterocycles. The topological polar surface area (TPSA) is 63.1 Å². The molecular formula is C13H11F3IN5S. The standard InChI is InChI=1S/C13H11F3IN5S/c1-2-23-10-4-3-5-18-12(10)22-19-7-9-8(17)6-11(21-20-9)13(14,15)16/h3-7H,2H2,1H3,(H,18,22)/b19-7-. The molecular weight excluding hydrogens is 442 g/mol. The van der Waals surface area contributed by atoms with Gasteiger partial charge in [-0.05, 0) is 46.5 Å². The zero-order valence-electron chi connectivity index (χ0n) is 11.8. The van der Waals surface area contributed by atoms with Crippen molar-refractivity contribution in [3.8, 4) is 0 Å². The summed E-state index contributed by atoms with van der Waals surface area (Å²) >= 11 is 3.36. The molecule has 0 saturated carbocycles. The molecule has 23 heavy (non-hydrogen) atoms. The molecule has 0 unspecified atom stereocenters. The minimum atomic E-state index is -4.51. The van der Waals surface area contributed by atoms with Crippen molar-refractivity contribution in [2.24, 2.45) is 5.10 Å². The van der Waals surface area contributed by atoms with Crippen LogP contribution in [-0.2, 0) is 6.18 Å². The summed E-state index contributed by atoms with van der Waals surface area (Å²) in [6.45, 7) is 2.02. The third-order valence-electron chi connectivity index (χ3n) is 2.49. The molecule has 0 bridgehead atoms. The highest BCUT2D eigenvalue weighted by Gasteiger charge is 2.33. The van der Waals surface area contributed by atoms with Crippen LogP contribution >= 0.6 is 34.4 Å². The third kappa shape index (κ3) is 5.03. The first-order valence-electron chi connectivity index (χ1n) is 6.39. The average Bonchev–Trinajstić information content (AvgIpc) is 2.50. The highest BCUT2D eigenvalue weighted by molar-refractivity contribution is 14.1. The van der Waals surface area contributed by atoms with Crippen molar-refractivity contribution in [1.82, 2.24) is 15.2 Å². The molecule has 0 aliphatic heterocycles. The van der Waals surface area contributed by atoms with E-state index in [0.717, 1.165) is 16.7 Å². The normalized spacial score (nSPS) is 11.9. The van der Waals surface area contributed by atoms with Crippen LogP contribution in [0.5, 0.6) is 0 Å². The minimum Gasteiger partial charge on any atom is -0.260 e. The molecule has 0 atom stereocenters. The monoisotopic (exact) mass is 453 g/mol. The first-order valence-corrected chi connectivity index (χ1v) is 8.45. The molecule has 2 rings (SSSR count). The van der Waals surface area contributed by atoms with E-state index in [2.05, 4.69) is 25.7 Å². The number of nitrogens with zero attached hydrogens (tertiary/aromatic N) is 4. The zero-order chi connectivity index (χ0) is 16.9. The van der Waals surface area contributed by atoms with E-state index in [1.165, 1.54) is 6.21 Å². The first-order chi connectivity index (χ1) is 10.9. The number of alkyl halides is 3. The number of hydrazone groups is 1. The molecule has 0 aromatic carbocycles. The van der Waals surface area contributed by atoms with Gasteiger partial charge < -0.3 is 0 Å². The van der Waals surface area contributed by atoms with Crippen LogP contribution < -0.4 is 5.43 Å². The third-order valence-corrected chi connectivity index (χ3v) is 4.29. The second-order valence-corrected chi connectivity index (χ2v) is 6.58. The SMILES string of the molecule is CCSc1cccnc1N/N=C\c1nnc(C(F)(F)F)cc1I. The van der Waals surface area contributed by atoms with Crippen molar-refractivity contribution in [3.63, 3.8) is 0 Å². The van der Waals surface area contributed by atoms with Gasteiger partial charge >= 0.3 is 6.18 Å². The van der Waals surface area contributed by atoms with E-state index in [4.69, 9.17) is 0 Å². The van der Waals surface area contributed by atoms with Gasteiger partial charge in [-0.2, -0.15) is 18.3 Å². The van der Waals surface area contributed by atoms with Crippen molar-refractivity contribution < 1.29 is 13.2 Å². The maximum atomic E-state index is 12.5. The number of nitrogens with one attached hydrogen (secondary N) is 1. The Bertz CT molecular complexity index is 708. The van der Waals surface area contributed by atoms with Crippen molar-refractivity contribution in [2.75, 3.05) is 11.2 Å². The van der Waals surface area contributed by atoms with Crippen LogP contribution in [0.25, 0.3) is 0 Å². The van der Waals surface area contributed by atoms with Gasteiger partial charge in [-0.3, -0.25) is 5.43 Å². The van der Waals surface area contributed by atoms with E-state index in [9.17, 15) is 13.2 Å². The minimum absolute atomic E-state index is 0.242. The number of pyridine rings is 1. The maximum Gasteiger partial charge on any atom is 0.435 e. The number of thioether (sulfide) groups is 1. The lowest BCUT2D eigenvalue weighted by Gasteiger charge is -2.06. The fraction of sp³-hybridized carbons (Fsp3) is 0.231. The predicted octanol–water partition coefficient (Wildman–Crippen LogP) is 4.05. The number of rotatable bonds is 5. The lowest BCUT2D eigenvalue weighted by molar-refractivity contribution is -0.141. The molecule has 0 spiro atoms. The average molecular weight is 453 g/mol. The Morgan fingerprint density at radius 3 is 2.83 bits per heavy atom. The zero-order valence-corrected chi connectivity index (χ0v) is 14.8. The van der Waals surface area contributed by atoms with Gasteiger partial charge in [0, 0.05) is 9.77 Å². The predicted molar refractivity (Wildman–Crippen MR) is 91.6 cm³/mol. The van der Waals surface area contributed by atoms with Crippen molar-refractivity contribution in [1.29, 1.82) is 0 Å². The smallest absolute Gasteiger partial charge is 0.260 e. The van der Waals surface area contributed by atoms with Crippen molar-refractivity contribution in [2.45, 2.75) is 18.0 Å². The number of aromatic nitrogens is 3. The Morgan fingerprint density at radius 2 is 2.17 bits per heavy atom. The molecule has 0 aliphatic carbocycles. The molecule has 0 aliphatic rings. The molecule has 2 heterocycles. The molecule has 1 N–H and O–H groups in total. The van der Waals surface area contributed by atoms with Gasteiger partial charge in [-0.15, -0.1) is 22.0 Å². The molecule has 10 heteroatoms. The summed E-state index contributed by atoms with van der Waals surface area (Å²) in [5.74, 6) is 1.46. The lowest BCUT2D eigenvalue weighted by Crippen LogP contribution is -2.11. The van der Waals surface area contributed by atoms with Crippen LogP contribution in [-0.4, -0.2) is 27.1 Å². The Kier molecular flexibility index (Phi) is 6.16. The number of hydrogen-bond acceptors (Lipinski definition) is 6. The van der Waals surface area contributed by atoms with E-state index >= 15 is 0 Å². The largest absolute Gasteiger partial charge is 0.435 e. The fourth-order valence-corrected chi connectivity index (χ4v) is 2.77. The summed E-state index contributed by atoms with van der Waals surface area (Å²) in [6.07, 6.45) is -1.58. The van der Waals surface area contributed by atoms with Crippen LogP contribution in [0.2, 0.25) is 0 Å². The summed E-state index contributed by atoms with van der Waals surface area (Å²) < 4.78 is 37.9. The second kappa shape index (κ2) is 7.90. The maximum absolute atomic E-state index is 12.5. The van der Waals surface area contributed by atoms with Gasteiger partial charge in [0.05, 0.1) is 11.1 Å². The summed E-state index contributed by atoms with van der Waals surface area (Å²) in [5.41, 5.74) is 1.98. The van der Waals surface area contributed by atoms with E-state index in [0.29, 0.717) is 9.39 Å². The van der Waals surface area contributed by atoms with Crippen LogP contribution in [0.15, 0.2) is 34.4 Å². The van der Waals surface area contributed by atoms with Crippen LogP contribution in [0.4, 0.5) is 19.0 Å². The van der Waals surface area contributed by atoms with Crippen molar-refractivity contribution >= 4 is 46.4 Å². The van der Waals surface area contributed by atoms with Gasteiger partial charge in [-0.25, -0.2) is 4.98 Å². The van der Waals surface area contributed by atoms with Crippen LogP contribution in [0.3, 0.4) is 0 Å². The van der Waals surface area contributed by atoms with E-state index in [-0.39, 0.29) is 5.69 Å². The highest BCUT2D eigenvalue weighted by Crippen LogP contribution is 2.28. The van der Waals surface area contributed by atoms with Crippen LogP contribution in [0.1, 0.15) is 18.3 Å². The first kappa shape index (κ1) is 17.9. The molecule has 122 valence electrons. The summed E-state index contributed by atoms with van der Waals surface area (Å²) in [6, 6.07) is 4.64. The Morgan fingerprint density at radius 1 is 1.39 bits per heavy atom. The van der Waals surface area contributed by atoms with E-state index in [1.54, 1.807) is 40.5 Å². The van der Waals surface area contributed by atoms with Crippen molar-refractivity contribution in [3.05, 3.63) is 39.4 Å².